The standard InChI is InChI=1S/C13H18N6O2S/c1-9-16-11(6-13(14-2)17-9)12-4-5-19(12)22(20,21)10-7-15-18(3)8-10/h6-8,12H,4-5H2,1-3H3,(H,14,16,17)/t12-/m1/s1. The number of sulfonamides is 1. The number of aromatic nitrogens is 4. The van der Waals surface area contributed by atoms with Gasteiger partial charge >= 0.3 is 0 Å². The summed E-state index contributed by atoms with van der Waals surface area (Å²) in [5.41, 5.74) is 0.718. The molecule has 3 heterocycles. The monoisotopic (exact) mass is 322 g/mol. The molecule has 0 aliphatic carbocycles. The van der Waals surface area contributed by atoms with E-state index in [4.69, 9.17) is 0 Å². The molecule has 8 nitrogen and oxygen atoms in total. The molecule has 0 unspecified atom stereocenters. The van der Waals surface area contributed by atoms with Crippen LogP contribution >= 0.6 is 0 Å². The lowest BCUT2D eigenvalue weighted by molar-refractivity contribution is 0.197. The van der Waals surface area contributed by atoms with Gasteiger partial charge in [0.05, 0.1) is 17.9 Å². The maximum Gasteiger partial charge on any atom is 0.246 e. The normalized spacial score (nSPS) is 19.0. The van der Waals surface area contributed by atoms with Gasteiger partial charge in [-0.2, -0.15) is 9.40 Å². The zero-order chi connectivity index (χ0) is 15.9. The number of nitrogens with one attached hydrogen (secondary N) is 1. The van der Waals surface area contributed by atoms with Gasteiger partial charge in [-0.15, -0.1) is 0 Å². The molecule has 0 aromatic carbocycles. The second kappa shape index (κ2) is 5.33. The summed E-state index contributed by atoms with van der Waals surface area (Å²) in [5.74, 6) is 1.31. The molecular formula is C13H18N6O2S. The summed E-state index contributed by atoms with van der Waals surface area (Å²) in [6.45, 7) is 2.28. The lowest BCUT2D eigenvalue weighted by Gasteiger charge is -2.38. The molecule has 0 radical (unpaired) electrons. The topological polar surface area (TPSA) is 93.0 Å². The fraction of sp³-hybridized carbons (Fsp3) is 0.462. The molecule has 0 spiro atoms. The van der Waals surface area contributed by atoms with Crippen LogP contribution in [0.4, 0.5) is 5.82 Å². The van der Waals surface area contributed by atoms with E-state index in [9.17, 15) is 8.42 Å². The van der Waals surface area contributed by atoms with E-state index in [1.165, 1.54) is 21.4 Å². The van der Waals surface area contributed by atoms with Crippen molar-refractivity contribution in [1.82, 2.24) is 24.1 Å². The van der Waals surface area contributed by atoms with Crippen LogP contribution in [0.5, 0.6) is 0 Å². The third-order valence-electron chi connectivity index (χ3n) is 3.71. The first-order chi connectivity index (χ1) is 10.4. The minimum absolute atomic E-state index is 0.208. The van der Waals surface area contributed by atoms with E-state index in [0.717, 1.165) is 12.1 Å². The van der Waals surface area contributed by atoms with Crippen LogP contribution in [-0.2, 0) is 17.1 Å². The van der Waals surface area contributed by atoms with E-state index < -0.39 is 10.0 Å². The second-order valence-electron chi connectivity index (χ2n) is 5.25. The largest absolute Gasteiger partial charge is 0.373 e. The molecule has 9 heteroatoms. The van der Waals surface area contributed by atoms with Gasteiger partial charge in [0.25, 0.3) is 0 Å². The molecule has 1 fully saturated rings. The highest BCUT2D eigenvalue weighted by atomic mass is 32.2. The van der Waals surface area contributed by atoms with Crippen LogP contribution in [0.25, 0.3) is 0 Å². The molecule has 1 aliphatic heterocycles. The minimum Gasteiger partial charge on any atom is -0.373 e. The summed E-state index contributed by atoms with van der Waals surface area (Å²) < 4.78 is 28.3. The first-order valence-corrected chi connectivity index (χ1v) is 8.39. The predicted molar refractivity (Wildman–Crippen MR) is 80.8 cm³/mol. The Bertz CT molecular complexity index is 801. The highest BCUT2D eigenvalue weighted by Crippen LogP contribution is 2.37. The summed E-state index contributed by atoms with van der Waals surface area (Å²) in [5, 5.41) is 6.91. The fourth-order valence-electron chi connectivity index (χ4n) is 2.50. The molecule has 2 aromatic heterocycles. The lowest BCUT2D eigenvalue weighted by atomic mass is 10.0. The fourth-order valence-corrected chi connectivity index (χ4v) is 4.13. The minimum atomic E-state index is -3.54. The molecular weight excluding hydrogens is 304 g/mol. The number of hydrogen-bond donors (Lipinski definition) is 1. The first kappa shape index (κ1) is 14.9. The summed E-state index contributed by atoms with van der Waals surface area (Å²) >= 11 is 0. The molecule has 0 saturated carbocycles. The number of hydrogen-bond acceptors (Lipinski definition) is 6. The van der Waals surface area contributed by atoms with E-state index in [2.05, 4.69) is 20.4 Å². The SMILES string of the molecule is CNc1cc([C@H]2CCN2S(=O)(=O)c2cnn(C)c2)nc(C)n1. The van der Waals surface area contributed by atoms with Crippen LogP contribution in [0.3, 0.4) is 0 Å². The van der Waals surface area contributed by atoms with Gasteiger partial charge in [-0.05, 0) is 13.3 Å². The Morgan fingerprint density at radius 2 is 2.14 bits per heavy atom. The number of nitrogens with zero attached hydrogens (tertiary/aromatic N) is 5. The predicted octanol–water partition coefficient (Wildman–Crippen LogP) is 0.696. The second-order valence-corrected chi connectivity index (χ2v) is 7.14. The van der Waals surface area contributed by atoms with Gasteiger partial charge in [0.1, 0.15) is 16.5 Å². The summed E-state index contributed by atoms with van der Waals surface area (Å²) in [6.07, 6.45) is 3.63. The average Bonchev–Trinajstić information content (AvgIpc) is 2.83. The van der Waals surface area contributed by atoms with Crippen molar-refractivity contribution in [2.75, 3.05) is 18.9 Å². The molecule has 3 rings (SSSR count). The third-order valence-corrected chi connectivity index (χ3v) is 5.57. The summed E-state index contributed by atoms with van der Waals surface area (Å²) in [6, 6.07) is 1.54. The van der Waals surface area contributed by atoms with Gasteiger partial charge < -0.3 is 5.32 Å². The van der Waals surface area contributed by atoms with E-state index in [1.54, 1.807) is 27.1 Å². The molecule has 0 amide bonds. The van der Waals surface area contributed by atoms with Crippen molar-refractivity contribution in [2.45, 2.75) is 24.3 Å². The Hall–Kier alpha value is -2.00. The molecule has 118 valence electrons. The third kappa shape index (κ3) is 2.46. The van der Waals surface area contributed by atoms with Crippen LogP contribution in [-0.4, -0.2) is 46.1 Å². The van der Waals surface area contributed by atoms with Crippen molar-refractivity contribution >= 4 is 15.8 Å². The van der Waals surface area contributed by atoms with Gasteiger partial charge in [0, 0.05) is 32.9 Å². The zero-order valence-electron chi connectivity index (χ0n) is 12.7. The van der Waals surface area contributed by atoms with Crippen molar-refractivity contribution in [1.29, 1.82) is 0 Å². The van der Waals surface area contributed by atoms with Gasteiger partial charge in [-0.25, -0.2) is 18.4 Å². The molecule has 1 saturated heterocycles. The summed E-state index contributed by atoms with van der Waals surface area (Å²) in [7, 11) is -0.0737. The molecule has 22 heavy (non-hydrogen) atoms. The van der Waals surface area contributed by atoms with Crippen molar-refractivity contribution in [3.8, 4) is 0 Å². The zero-order valence-corrected chi connectivity index (χ0v) is 13.5. The Balaban J connectivity index is 1.93. The van der Waals surface area contributed by atoms with Crippen LogP contribution in [0.2, 0.25) is 0 Å². The van der Waals surface area contributed by atoms with Gasteiger partial charge in [-0.1, -0.05) is 0 Å². The highest BCUT2D eigenvalue weighted by Gasteiger charge is 2.41. The molecule has 2 aromatic rings. The number of aryl methyl sites for hydroxylation is 2. The molecule has 1 atom stereocenters. The maximum atomic E-state index is 12.7. The van der Waals surface area contributed by atoms with Crippen LogP contribution in [0.15, 0.2) is 23.4 Å². The van der Waals surface area contributed by atoms with Crippen LogP contribution in [0, 0.1) is 6.92 Å². The van der Waals surface area contributed by atoms with Crippen LogP contribution in [0.1, 0.15) is 24.0 Å². The van der Waals surface area contributed by atoms with E-state index >= 15 is 0 Å². The van der Waals surface area contributed by atoms with Gasteiger partial charge in [0.2, 0.25) is 10.0 Å². The molecule has 0 bridgehead atoms. The lowest BCUT2D eigenvalue weighted by Crippen LogP contribution is -2.45. The Morgan fingerprint density at radius 1 is 1.36 bits per heavy atom. The smallest absolute Gasteiger partial charge is 0.246 e. The first-order valence-electron chi connectivity index (χ1n) is 6.95. The molecule has 1 N–H and O–H groups in total. The number of anilines is 1. The highest BCUT2D eigenvalue weighted by molar-refractivity contribution is 7.89. The van der Waals surface area contributed by atoms with E-state index in [1.807, 2.05) is 0 Å². The van der Waals surface area contributed by atoms with Gasteiger partial charge in [-0.3, -0.25) is 4.68 Å². The molecule has 1 aliphatic rings. The Morgan fingerprint density at radius 3 is 2.68 bits per heavy atom. The quantitative estimate of drug-likeness (QED) is 0.890. The van der Waals surface area contributed by atoms with E-state index in [-0.39, 0.29) is 10.9 Å². The maximum absolute atomic E-state index is 12.7. The van der Waals surface area contributed by atoms with Gasteiger partial charge in [0.15, 0.2) is 0 Å². The number of rotatable bonds is 4. The van der Waals surface area contributed by atoms with Crippen molar-refractivity contribution in [2.24, 2.45) is 7.05 Å². The van der Waals surface area contributed by atoms with Crippen LogP contribution < -0.4 is 5.32 Å². The Labute approximate surface area is 129 Å². The van der Waals surface area contributed by atoms with Crippen molar-refractivity contribution in [3.05, 3.63) is 30.0 Å². The van der Waals surface area contributed by atoms with Crippen molar-refractivity contribution in [3.63, 3.8) is 0 Å². The Kier molecular flexibility index (Phi) is 3.61. The van der Waals surface area contributed by atoms with Crippen molar-refractivity contribution < 1.29 is 8.42 Å². The average molecular weight is 322 g/mol. The van der Waals surface area contributed by atoms with E-state index in [0.29, 0.717) is 18.2 Å². The summed E-state index contributed by atoms with van der Waals surface area (Å²) in [4.78, 5) is 8.83.